The van der Waals surface area contributed by atoms with Crippen LogP contribution in [-0.4, -0.2) is 36.4 Å². The van der Waals surface area contributed by atoms with Gasteiger partial charge in [-0.1, -0.05) is 20.3 Å². The van der Waals surface area contributed by atoms with Gasteiger partial charge in [0.1, 0.15) is 6.04 Å². The molecule has 0 aliphatic heterocycles. The SMILES string of the molecule is CCCC(C)OCCC(NCC)C(=O)O. The number of carbonyl (C=O) groups is 1. The summed E-state index contributed by atoms with van der Waals surface area (Å²) in [6, 6.07) is -0.483. The summed E-state index contributed by atoms with van der Waals surface area (Å²) in [5, 5.41) is 11.8. The predicted molar refractivity (Wildman–Crippen MR) is 60.0 cm³/mol. The van der Waals surface area contributed by atoms with Gasteiger partial charge < -0.3 is 15.2 Å². The molecule has 0 aromatic rings. The number of hydrogen-bond donors (Lipinski definition) is 2. The lowest BCUT2D eigenvalue weighted by Gasteiger charge is -2.15. The van der Waals surface area contributed by atoms with Gasteiger partial charge in [0.25, 0.3) is 0 Å². The molecule has 0 rings (SSSR count). The first-order valence-electron chi connectivity index (χ1n) is 5.69. The van der Waals surface area contributed by atoms with Crippen molar-refractivity contribution in [3.63, 3.8) is 0 Å². The van der Waals surface area contributed by atoms with Crippen molar-refractivity contribution >= 4 is 5.97 Å². The summed E-state index contributed by atoms with van der Waals surface area (Å²) in [6.07, 6.45) is 2.87. The quantitative estimate of drug-likeness (QED) is 0.616. The lowest BCUT2D eigenvalue weighted by Crippen LogP contribution is -2.37. The molecule has 0 spiro atoms. The molecule has 15 heavy (non-hydrogen) atoms. The number of carboxylic acid groups (broad SMARTS) is 1. The van der Waals surface area contributed by atoms with E-state index in [1.807, 2.05) is 13.8 Å². The Balaban J connectivity index is 3.65. The molecule has 4 heteroatoms. The molecule has 0 saturated heterocycles. The molecule has 4 nitrogen and oxygen atoms in total. The fraction of sp³-hybridized carbons (Fsp3) is 0.909. The first-order chi connectivity index (χ1) is 7.11. The maximum absolute atomic E-state index is 10.8. The molecule has 0 aliphatic carbocycles. The largest absolute Gasteiger partial charge is 0.480 e. The van der Waals surface area contributed by atoms with Gasteiger partial charge in [-0.05, 0) is 26.3 Å². The van der Waals surface area contributed by atoms with E-state index in [4.69, 9.17) is 9.84 Å². The minimum atomic E-state index is -0.802. The summed E-state index contributed by atoms with van der Waals surface area (Å²) >= 11 is 0. The first-order valence-corrected chi connectivity index (χ1v) is 5.69. The van der Waals surface area contributed by atoms with Crippen LogP contribution in [0, 0.1) is 0 Å². The van der Waals surface area contributed by atoms with Crippen LogP contribution in [-0.2, 0) is 9.53 Å². The van der Waals surface area contributed by atoms with Gasteiger partial charge in [-0.2, -0.15) is 0 Å². The van der Waals surface area contributed by atoms with E-state index in [1.165, 1.54) is 0 Å². The molecule has 0 aliphatic rings. The monoisotopic (exact) mass is 217 g/mol. The van der Waals surface area contributed by atoms with E-state index in [2.05, 4.69) is 12.2 Å². The molecule has 0 bridgehead atoms. The lowest BCUT2D eigenvalue weighted by molar-refractivity contribution is -0.140. The average molecular weight is 217 g/mol. The van der Waals surface area contributed by atoms with Crippen molar-refractivity contribution in [3.05, 3.63) is 0 Å². The molecular weight excluding hydrogens is 194 g/mol. The summed E-state index contributed by atoms with van der Waals surface area (Å²) in [5.41, 5.74) is 0. The Morgan fingerprint density at radius 1 is 1.40 bits per heavy atom. The molecule has 0 fully saturated rings. The Kier molecular flexibility index (Phi) is 8.33. The van der Waals surface area contributed by atoms with Crippen LogP contribution in [0.2, 0.25) is 0 Å². The predicted octanol–water partition coefficient (Wildman–Crippen LogP) is 1.64. The topological polar surface area (TPSA) is 58.6 Å². The van der Waals surface area contributed by atoms with Crippen LogP contribution in [0.1, 0.15) is 40.0 Å². The molecule has 2 N–H and O–H groups in total. The molecule has 0 radical (unpaired) electrons. The van der Waals surface area contributed by atoms with Gasteiger partial charge in [-0.25, -0.2) is 0 Å². The van der Waals surface area contributed by atoms with E-state index >= 15 is 0 Å². The highest BCUT2D eigenvalue weighted by Gasteiger charge is 2.15. The van der Waals surface area contributed by atoms with E-state index in [9.17, 15) is 4.79 Å². The molecule has 0 aromatic heterocycles. The fourth-order valence-corrected chi connectivity index (χ4v) is 1.44. The number of carboxylic acids is 1. The Labute approximate surface area is 92.0 Å². The zero-order valence-corrected chi connectivity index (χ0v) is 9.95. The van der Waals surface area contributed by atoms with Gasteiger partial charge in [-0.3, -0.25) is 4.79 Å². The van der Waals surface area contributed by atoms with Crippen LogP contribution in [0.4, 0.5) is 0 Å². The Morgan fingerprint density at radius 3 is 2.53 bits per heavy atom. The molecule has 0 saturated carbocycles. The average Bonchev–Trinajstić information content (AvgIpc) is 2.16. The second kappa shape index (κ2) is 8.68. The molecule has 0 aromatic carbocycles. The van der Waals surface area contributed by atoms with E-state index in [0.717, 1.165) is 12.8 Å². The van der Waals surface area contributed by atoms with E-state index in [0.29, 0.717) is 19.6 Å². The van der Waals surface area contributed by atoms with E-state index < -0.39 is 12.0 Å². The number of rotatable bonds is 9. The number of nitrogens with one attached hydrogen (secondary N) is 1. The standard InChI is InChI=1S/C11H23NO3/c1-4-6-9(3)15-8-7-10(11(13)14)12-5-2/h9-10,12H,4-8H2,1-3H3,(H,13,14). The van der Waals surface area contributed by atoms with Gasteiger partial charge in [-0.15, -0.1) is 0 Å². The summed E-state index contributed by atoms with van der Waals surface area (Å²) in [7, 11) is 0. The van der Waals surface area contributed by atoms with Crippen LogP contribution < -0.4 is 5.32 Å². The van der Waals surface area contributed by atoms with Crippen LogP contribution in [0.15, 0.2) is 0 Å². The zero-order valence-electron chi connectivity index (χ0n) is 9.95. The fourth-order valence-electron chi connectivity index (χ4n) is 1.44. The smallest absolute Gasteiger partial charge is 0.320 e. The number of likely N-dealkylation sites (N-methyl/N-ethyl adjacent to an activating group) is 1. The van der Waals surface area contributed by atoms with Gasteiger partial charge in [0.2, 0.25) is 0 Å². The molecule has 0 heterocycles. The third-order valence-corrected chi connectivity index (χ3v) is 2.25. The molecule has 2 unspecified atom stereocenters. The minimum absolute atomic E-state index is 0.228. The minimum Gasteiger partial charge on any atom is -0.480 e. The summed E-state index contributed by atoms with van der Waals surface area (Å²) < 4.78 is 5.51. The van der Waals surface area contributed by atoms with Crippen molar-refractivity contribution in [3.8, 4) is 0 Å². The van der Waals surface area contributed by atoms with Gasteiger partial charge in [0, 0.05) is 6.61 Å². The highest BCUT2D eigenvalue weighted by molar-refractivity contribution is 5.73. The number of ether oxygens (including phenoxy) is 1. The van der Waals surface area contributed by atoms with Gasteiger partial charge in [0.15, 0.2) is 0 Å². The highest BCUT2D eigenvalue weighted by Crippen LogP contribution is 2.02. The summed E-state index contributed by atoms with van der Waals surface area (Å²) in [4.78, 5) is 10.8. The second-order valence-corrected chi connectivity index (χ2v) is 3.71. The van der Waals surface area contributed by atoms with E-state index in [-0.39, 0.29) is 6.10 Å². The maximum atomic E-state index is 10.8. The molecule has 2 atom stereocenters. The van der Waals surface area contributed by atoms with Gasteiger partial charge >= 0.3 is 5.97 Å². The summed E-state index contributed by atoms with van der Waals surface area (Å²) in [5.74, 6) is -0.802. The molecule has 90 valence electrons. The summed E-state index contributed by atoms with van der Waals surface area (Å²) in [6.45, 7) is 7.20. The molecule has 0 amide bonds. The van der Waals surface area contributed by atoms with Crippen LogP contribution in [0.3, 0.4) is 0 Å². The Bertz CT molecular complexity index is 173. The van der Waals surface area contributed by atoms with E-state index in [1.54, 1.807) is 0 Å². The highest BCUT2D eigenvalue weighted by atomic mass is 16.5. The van der Waals surface area contributed by atoms with Crippen molar-refractivity contribution in [1.82, 2.24) is 5.32 Å². The van der Waals surface area contributed by atoms with Crippen molar-refractivity contribution in [2.75, 3.05) is 13.2 Å². The van der Waals surface area contributed by atoms with Crippen molar-refractivity contribution < 1.29 is 14.6 Å². The van der Waals surface area contributed by atoms with Crippen LogP contribution in [0.25, 0.3) is 0 Å². The van der Waals surface area contributed by atoms with Crippen molar-refractivity contribution in [2.24, 2.45) is 0 Å². The maximum Gasteiger partial charge on any atom is 0.320 e. The number of hydrogen-bond acceptors (Lipinski definition) is 3. The third kappa shape index (κ3) is 7.33. The Morgan fingerprint density at radius 2 is 2.07 bits per heavy atom. The lowest BCUT2D eigenvalue weighted by atomic mass is 10.2. The first kappa shape index (κ1) is 14.4. The van der Waals surface area contributed by atoms with Crippen molar-refractivity contribution in [1.29, 1.82) is 0 Å². The second-order valence-electron chi connectivity index (χ2n) is 3.71. The Hall–Kier alpha value is -0.610. The third-order valence-electron chi connectivity index (χ3n) is 2.25. The van der Waals surface area contributed by atoms with Crippen LogP contribution in [0.5, 0.6) is 0 Å². The number of aliphatic carboxylic acids is 1. The van der Waals surface area contributed by atoms with Crippen LogP contribution >= 0.6 is 0 Å². The normalized spacial score (nSPS) is 14.9. The zero-order chi connectivity index (χ0) is 11.7. The molecular formula is C11H23NO3. The van der Waals surface area contributed by atoms with Crippen molar-refractivity contribution in [2.45, 2.75) is 52.2 Å². The van der Waals surface area contributed by atoms with Gasteiger partial charge in [0.05, 0.1) is 6.10 Å².